The highest BCUT2D eigenvalue weighted by atomic mass is 16.6. The molecule has 10 heteroatoms. The van der Waals surface area contributed by atoms with Gasteiger partial charge in [0.1, 0.15) is 16.9 Å². The number of benzene rings is 2. The molecule has 5 rings (SSSR count). The summed E-state index contributed by atoms with van der Waals surface area (Å²) in [7, 11) is 0. The minimum Gasteiger partial charge on any atom is -0.484 e. The molecule has 3 aromatic rings. The molecule has 2 aliphatic rings. The lowest BCUT2D eigenvalue weighted by Crippen LogP contribution is -2.48. The van der Waals surface area contributed by atoms with E-state index in [1.165, 1.54) is 10.8 Å². The van der Waals surface area contributed by atoms with E-state index in [0.717, 1.165) is 5.56 Å². The third kappa shape index (κ3) is 3.92. The third-order valence-electron chi connectivity index (χ3n) is 6.07. The van der Waals surface area contributed by atoms with Crippen molar-refractivity contribution >= 4 is 23.3 Å². The lowest BCUT2D eigenvalue weighted by Gasteiger charge is -2.39. The van der Waals surface area contributed by atoms with Gasteiger partial charge in [-0.3, -0.25) is 9.59 Å². The van der Waals surface area contributed by atoms with Gasteiger partial charge in [0.2, 0.25) is 0 Å². The van der Waals surface area contributed by atoms with Gasteiger partial charge in [0, 0.05) is 12.1 Å². The predicted octanol–water partition coefficient (Wildman–Crippen LogP) is 3.42. The maximum Gasteiger partial charge on any atom is 0.398 e. The number of ether oxygens (including phenoxy) is 1. The Labute approximate surface area is 201 Å². The molecule has 178 valence electrons. The van der Waals surface area contributed by atoms with Crippen molar-refractivity contribution in [2.24, 2.45) is 0 Å². The van der Waals surface area contributed by atoms with Gasteiger partial charge in [-0.05, 0) is 72.7 Å². The standard InChI is InChI=1S/C25H23N5O5/c1-4-22(31)28-14-25(2,3)35-21-8-6-17(12-20(21)28)29-13-19(23(27-29)30(33)34)15-5-7-18-16(11-15)9-10-26-24(18)32/h4-8,11-13H,1,9-10,14H2,2-3H3,(H,26,32). The fourth-order valence-electron chi connectivity index (χ4n) is 4.48. The number of aromatic nitrogens is 2. The summed E-state index contributed by atoms with van der Waals surface area (Å²) in [6, 6.07) is 10.3. The van der Waals surface area contributed by atoms with E-state index in [1.807, 2.05) is 13.8 Å². The van der Waals surface area contributed by atoms with Crippen LogP contribution in [0.15, 0.2) is 55.3 Å². The Morgan fingerprint density at radius 3 is 2.80 bits per heavy atom. The molecule has 1 aromatic heterocycles. The number of amides is 2. The molecule has 0 atom stereocenters. The maximum atomic E-state index is 12.6. The van der Waals surface area contributed by atoms with Crippen LogP contribution >= 0.6 is 0 Å². The van der Waals surface area contributed by atoms with E-state index in [4.69, 9.17) is 4.74 Å². The van der Waals surface area contributed by atoms with E-state index in [1.54, 1.807) is 47.5 Å². The first-order valence-electron chi connectivity index (χ1n) is 11.1. The molecule has 1 N–H and O–H groups in total. The van der Waals surface area contributed by atoms with Crippen LogP contribution in [0.5, 0.6) is 5.75 Å². The highest BCUT2D eigenvalue weighted by Gasteiger charge is 2.35. The van der Waals surface area contributed by atoms with Gasteiger partial charge in [0.15, 0.2) is 0 Å². The SMILES string of the molecule is C=CC(=O)N1CC(C)(C)Oc2ccc(-n3cc(-c4ccc5c(c4)CCNC5=O)c([N+](=O)[O-])n3)cc21. The van der Waals surface area contributed by atoms with Crippen molar-refractivity contribution in [3.8, 4) is 22.6 Å². The van der Waals surface area contributed by atoms with Crippen LogP contribution in [-0.2, 0) is 11.2 Å². The van der Waals surface area contributed by atoms with Gasteiger partial charge < -0.3 is 25.1 Å². The van der Waals surface area contributed by atoms with Crippen molar-refractivity contribution in [3.63, 3.8) is 0 Å². The zero-order valence-electron chi connectivity index (χ0n) is 19.3. The first-order valence-corrected chi connectivity index (χ1v) is 11.1. The quantitative estimate of drug-likeness (QED) is 0.352. The van der Waals surface area contributed by atoms with E-state index < -0.39 is 10.5 Å². The maximum absolute atomic E-state index is 12.6. The van der Waals surface area contributed by atoms with Crippen LogP contribution in [-0.4, -0.2) is 45.2 Å². The Hall–Kier alpha value is -4.47. The number of nitro groups is 1. The zero-order valence-corrected chi connectivity index (χ0v) is 19.3. The molecule has 0 unspecified atom stereocenters. The monoisotopic (exact) mass is 473 g/mol. The van der Waals surface area contributed by atoms with Gasteiger partial charge in [-0.2, -0.15) is 0 Å². The summed E-state index contributed by atoms with van der Waals surface area (Å²) < 4.78 is 7.45. The number of nitrogens with one attached hydrogen (secondary N) is 1. The molecular formula is C25H23N5O5. The van der Waals surface area contributed by atoms with Gasteiger partial charge in [-0.25, -0.2) is 0 Å². The number of rotatable bonds is 4. The van der Waals surface area contributed by atoms with Gasteiger partial charge in [0.25, 0.3) is 11.8 Å². The number of carbonyl (C=O) groups excluding carboxylic acids is 2. The Morgan fingerprint density at radius 1 is 1.26 bits per heavy atom. The lowest BCUT2D eigenvalue weighted by atomic mass is 9.96. The fraction of sp³-hybridized carbons (Fsp3) is 0.240. The van der Waals surface area contributed by atoms with Crippen molar-refractivity contribution in [2.45, 2.75) is 25.9 Å². The van der Waals surface area contributed by atoms with Crippen molar-refractivity contribution in [1.29, 1.82) is 0 Å². The summed E-state index contributed by atoms with van der Waals surface area (Å²) in [6.45, 7) is 8.21. The zero-order chi connectivity index (χ0) is 24.9. The first-order chi connectivity index (χ1) is 16.7. The minimum atomic E-state index is -0.589. The van der Waals surface area contributed by atoms with Crippen LogP contribution in [0.1, 0.15) is 29.8 Å². The third-order valence-corrected chi connectivity index (χ3v) is 6.07. The Kier molecular flexibility index (Phi) is 5.16. The number of hydrogen-bond donors (Lipinski definition) is 1. The number of nitrogens with zero attached hydrogens (tertiary/aromatic N) is 4. The summed E-state index contributed by atoms with van der Waals surface area (Å²) in [5.74, 6) is -0.208. The summed E-state index contributed by atoms with van der Waals surface area (Å²) in [5, 5.41) is 18.9. The second-order valence-corrected chi connectivity index (χ2v) is 9.09. The van der Waals surface area contributed by atoms with Crippen LogP contribution in [0.25, 0.3) is 16.8 Å². The lowest BCUT2D eigenvalue weighted by molar-refractivity contribution is -0.389. The molecule has 0 saturated heterocycles. The van der Waals surface area contributed by atoms with Gasteiger partial charge >= 0.3 is 5.82 Å². The smallest absolute Gasteiger partial charge is 0.398 e. The van der Waals surface area contributed by atoms with E-state index in [9.17, 15) is 19.7 Å². The molecule has 2 amide bonds. The molecule has 0 spiro atoms. The minimum absolute atomic E-state index is 0.152. The Balaban J connectivity index is 1.59. The molecular weight excluding hydrogens is 450 g/mol. The summed E-state index contributed by atoms with van der Waals surface area (Å²) >= 11 is 0. The highest BCUT2D eigenvalue weighted by Crippen LogP contribution is 2.39. The van der Waals surface area contributed by atoms with Gasteiger partial charge in [-0.15, -0.1) is 4.68 Å². The molecule has 0 radical (unpaired) electrons. The summed E-state index contributed by atoms with van der Waals surface area (Å²) in [6.07, 6.45) is 3.47. The number of hydrogen-bond acceptors (Lipinski definition) is 6. The molecule has 10 nitrogen and oxygen atoms in total. The van der Waals surface area contributed by atoms with Crippen LogP contribution in [0.4, 0.5) is 11.5 Å². The molecule has 3 heterocycles. The number of carbonyl (C=O) groups is 2. The molecule has 0 aliphatic carbocycles. The topological polar surface area (TPSA) is 120 Å². The van der Waals surface area contributed by atoms with Crippen molar-refractivity contribution in [2.75, 3.05) is 18.0 Å². The second-order valence-electron chi connectivity index (χ2n) is 9.09. The number of fused-ring (bicyclic) bond motifs is 2. The van der Waals surface area contributed by atoms with Crippen molar-refractivity contribution in [1.82, 2.24) is 15.1 Å². The normalized spacial score (nSPS) is 15.9. The molecule has 0 bridgehead atoms. The van der Waals surface area contributed by atoms with Crippen LogP contribution < -0.4 is 15.0 Å². The molecule has 0 saturated carbocycles. The van der Waals surface area contributed by atoms with Crippen LogP contribution in [0.3, 0.4) is 0 Å². The highest BCUT2D eigenvalue weighted by molar-refractivity contribution is 6.03. The van der Waals surface area contributed by atoms with Crippen molar-refractivity contribution in [3.05, 3.63) is 76.5 Å². The summed E-state index contributed by atoms with van der Waals surface area (Å²) in [5.41, 5.74) is 2.81. The average molecular weight is 473 g/mol. The van der Waals surface area contributed by atoms with E-state index in [0.29, 0.717) is 53.3 Å². The second kappa shape index (κ2) is 8.08. The first kappa shape index (κ1) is 22.3. The molecule has 35 heavy (non-hydrogen) atoms. The Bertz CT molecular complexity index is 1410. The summed E-state index contributed by atoms with van der Waals surface area (Å²) in [4.78, 5) is 37.5. The van der Waals surface area contributed by atoms with Crippen molar-refractivity contribution < 1.29 is 19.2 Å². The van der Waals surface area contributed by atoms with E-state index in [2.05, 4.69) is 17.0 Å². The Morgan fingerprint density at radius 2 is 2.06 bits per heavy atom. The molecule has 2 aromatic carbocycles. The molecule has 0 fully saturated rings. The average Bonchev–Trinajstić information content (AvgIpc) is 3.28. The van der Waals surface area contributed by atoms with Gasteiger partial charge in [-0.1, -0.05) is 12.6 Å². The van der Waals surface area contributed by atoms with E-state index >= 15 is 0 Å². The largest absolute Gasteiger partial charge is 0.484 e. The van der Waals surface area contributed by atoms with Crippen LogP contribution in [0.2, 0.25) is 0 Å². The fourth-order valence-corrected chi connectivity index (χ4v) is 4.48. The van der Waals surface area contributed by atoms with E-state index in [-0.39, 0.29) is 17.6 Å². The van der Waals surface area contributed by atoms with Gasteiger partial charge in [0.05, 0.1) is 29.2 Å². The van der Waals surface area contributed by atoms with Crippen LogP contribution in [0, 0.1) is 10.1 Å². The molecule has 2 aliphatic heterocycles. The number of anilines is 1. The predicted molar refractivity (Wildman–Crippen MR) is 129 cm³/mol.